The summed E-state index contributed by atoms with van der Waals surface area (Å²) in [5.74, 6) is -0.941. The molecule has 2 aromatic carbocycles. The molecule has 0 saturated carbocycles. The molecule has 1 aliphatic rings. The van der Waals surface area contributed by atoms with E-state index in [1.165, 1.54) is 0 Å². The highest BCUT2D eigenvalue weighted by Gasteiger charge is 2.21. The number of hydrazine groups is 1. The van der Waals surface area contributed by atoms with Crippen LogP contribution in [0.1, 0.15) is 42.5 Å². The van der Waals surface area contributed by atoms with E-state index in [1.807, 2.05) is 60.7 Å². The fourth-order valence-corrected chi connectivity index (χ4v) is 3.85. The van der Waals surface area contributed by atoms with E-state index in [2.05, 4.69) is 16.0 Å². The van der Waals surface area contributed by atoms with Gasteiger partial charge in [0.25, 0.3) is 11.8 Å². The van der Waals surface area contributed by atoms with Gasteiger partial charge in [-0.15, -0.1) is 0 Å². The molecule has 4 rings (SSSR count). The Morgan fingerprint density at radius 1 is 0.879 bits per heavy atom. The molecule has 1 saturated heterocycles. The third kappa shape index (κ3) is 5.65. The Kier molecular flexibility index (Phi) is 7.14. The van der Waals surface area contributed by atoms with Crippen LogP contribution in [0.15, 0.2) is 66.9 Å². The van der Waals surface area contributed by atoms with Crippen molar-refractivity contribution in [1.29, 1.82) is 0 Å². The molecule has 2 N–H and O–H groups in total. The average molecular weight is 446 g/mol. The van der Waals surface area contributed by atoms with Crippen molar-refractivity contribution >= 4 is 17.7 Å². The molecule has 0 aliphatic carbocycles. The number of benzene rings is 2. The first-order chi connectivity index (χ1) is 16.1. The molecule has 170 valence electrons. The van der Waals surface area contributed by atoms with Gasteiger partial charge in [0.05, 0.1) is 11.3 Å². The molecular formula is C25H27N5O3. The quantitative estimate of drug-likeness (QED) is 0.590. The zero-order valence-electron chi connectivity index (χ0n) is 18.4. The Morgan fingerprint density at radius 2 is 1.58 bits per heavy atom. The minimum Gasteiger partial charge on any atom is -0.333 e. The third-order valence-corrected chi connectivity index (χ3v) is 5.60. The summed E-state index contributed by atoms with van der Waals surface area (Å²) >= 11 is 0. The zero-order chi connectivity index (χ0) is 23.0. The second-order valence-electron chi connectivity index (χ2n) is 8.02. The van der Waals surface area contributed by atoms with Gasteiger partial charge in [0.15, 0.2) is 0 Å². The van der Waals surface area contributed by atoms with Gasteiger partial charge >= 0.3 is 0 Å². The predicted molar refractivity (Wildman–Crippen MR) is 124 cm³/mol. The summed E-state index contributed by atoms with van der Waals surface area (Å²) in [5, 5.41) is 4.61. The largest absolute Gasteiger partial charge is 0.333 e. The summed E-state index contributed by atoms with van der Waals surface area (Å²) in [7, 11) is 0. The van der Waals surface area contributed by atoms with Gasteiger partial charge < -0.3 is 4.90 Å². The number of hydrogen-bond donors (Lipinski definition) is 2. The molecular weight excluding hydrogens is 418 g/mol. The molecule has 2 heterocycles. The smallest absolute Gasteiger partial charge is 0.273 e. The van der Waals surface area contributed by atoms with Crippen molar-refractivity contribution in [3.05, 3.63) is 72.4 Å². The molecule has 33 heavy (non-hydrogen) atoms. The average Bonchev–Trinajstić information content (AvgIpc) is 3.29. The van der Waals surface area contributed by atoms with E-state index in [1.54, 1.807) is 15.8 Å². The lowest BCUT2D eigenvalue weighted by Crippen LogP contribution is -2.48. The van der Waals surface area contributed by atoms with Crippen LogP contribution in [0.5, 0.6) is 0 Å². The fourth-order valence-electron chi connectivity index (χ4n) is 3.85. The van der Waals surface area contributed by atoms with Gasteiger partial charge in [0, 0.05) is 24.7 Å². The van der Waals surface area contributed by atoms with Crippen molar-refractivity contribution < 1.29 is 14.4 Å². The number of nitrogens with zero attached hydrogens (tertiary/aromatic N) is 3. The van der Waals surface area contributed by atoms with E-state index in [4.69, 9.17) is 0 Å². The number of carbonyl (C=O) groups excluding carboxylic acids is 3. The van der Waals surface area contributed by atoms with Gasteiger partial charge in [-0.2, -0.15) is 5.10 Å². The highest BCUT2D eigenvalue weighted by Crippen LogP contribution is 2.23. The molecule has 1 aromatic heterocycles. The van der Waals surface area contributed by atoms with Crippen molar-refractivity contribution in [3.63, 3.8) is 0 Å². The maximum Gasteiger partial charge on any atom is 0.273 e. The molecule has 0 spiro atoms. The van der Waals surface area contributed by atoms with Crippen LogP contribution in [0, 0.1) is 0 Å². The van der Waals surface area contributed by atoms with Crippen molar-refractivity contribution in [3.8, 4) is 16.9 Å². The molecule has 0 atom stereocenters. The Balaban J connectivity index is 1.47. The number of aromatic nitrogens is 2. The first-order valence-electron chi connectivity index (χ1n) is 11.2. The first kappa shape index (κ1) is 22.3. The van der Waals surface area contributed by atoms with Crippen LogP contribution in [0.25, 0.3) is 16.9 Å². The monoisotopic (exact) mass is 445 g/mol. The zero-order valence-corrected chi connectivity index (χ0v) is 18.4. The normalized spacial score (nSPS) is 14.3. The van der Waals surface area contributed by atoms with E-state index in [9.17, 15) is 14.4 Å². The van der Waals surface area contributed by atoms with Crippen molar-refractivity contribution in [2.45, 2.75) is 32.1 Å². The van der Waals surface area contributed by atoms with Crippen LogP contribution < -0.4 is 10.9 Å². The second-order valence-corrected chi connectivity index (χ2v) is 8.02. The number of rotatable bonds is 5. The number of hydrogen-bond acceptors (Lipinski definition) is 4. The van der Waals surface area contributed by atoms with Crippen molar-refractivity contribution in [2.24, 2.45) is 0 Å². The molecule has 8 nitrogen and oxygen atoms in total. The summed E-state index contributed by atoms with van der Waals surface area (Å²) in [5.41, 5.74) is 7.35. The van der Waals surface area contributed by atoms with Crippen LogP contribution in [-0.4, -0.2) is 45.5 Å². The fraction of sp³-hybridized carbons (Fsp3) is 0.280. The van der Waals surface area contributed by atoms with Gasteiger partial charge in [0.2, 0.25) is 5.91 Å². The maximum atomic E-state index is 13.0. The molecule has 1 fully saturated rings. The van der Waals surface area contributed by atoms with E-state index >= 15 is 0 Å². The summed E-state index contributed by atoms with van der Waals surface area (Å²) in [6, 6.07) is 18.9. The Labute approximate surface area is 192 Å². The van der Waals surface area contributed by atoms with Gasteiger partial charge in [-0.1, -0.05) is 61.4 Å². The topological polar surface area (TPSA) is 96.3 Å². The minimum absolute atomic E-state index is 0.0216. The van der Waals surface area contributed by atoms with E-state index in [0.29, 0.717) is 24.2 Å². The first-order valence-corrected chi connectivity index (χ1v) is 11.2. The molecule has 0 bridgehead atoms. The van der Waals surface area contributed by atoms with Crippen molar-refractivity contribution in [2.75, 3.05) is 13.1 Å². The molecule has 0 unspecified atom stereocenters. The van der Waals surface area contributed by atoms with Crippen LogP contribution >= 0.6 is 0 Å². The van der Waals surface area contributed by atoms with Gasteiger partial charge in [-0.25, -0.2) is 4.68 Å². The van der Waals surface area contributed by atoms with Crippen LogP contribution in [0.3, 0.4) is 0 Å². The standard InChI is InChI=1S/C25H27N5O3/c31-22(18-29-16-10-2-1-9-15-23(29)32)26-27-25(33)21-17-30(20-13-7-4-8-14-20)28-24(21)19-11-5-3-6-12-19/h3-8,11-14,17H,1-2,9-10,15-16,18H2,(H,26,31)(H,27,33). The van der Waals surface area contributed by atoms with Crippen LogP contribution in [0.4, 0.5) is 0 Å². The van der Waals surface area contributed by atoms with Crippen molar-refractivity contribution in [1.82, 2.24) is 25.5 Å². The maximum absolute atomic E-state index is 13.0. The summed E-state index contributed by atoms with van der Waals surface area (Å²) in [6.45, 7) is 0.482. The van der Waals surface area contributed by atoms with Gasteiger partial charge in [0.1, 0.15) is 12.2 Å². The Morgan fingerprint density at radius 3 is 2.33 bits per heavy atom. The van der Waals surface area contributed by atoms with Gasteiger partial charge in [-0.05, 0) is 25.0 Å². The Hall–Kier alpha value is -3.94. The van der Waals surface area contributed by atoms with Crippen LogP contribution in [0.2, 0.25) is 0 Å². The number of nitrogens with one attached hydrogen (secondary N) is 2. The van der Waals surface area contributed by atoms with E-state index in [0.717, 1.165) is 36.9 Å². The number of amides is 3. The number of likely N-dealkylation sites (tertiary alicyclic amines) is 1. The summed E-state index contributed by atoms with van der Waals surface area (Å²) in [6.07, 6.45) is 5.92. The Bertz CT molecular complexity index is 1110. The van der Waals surface area contributed by atoms with Crippen LogP contribution in [-0.2, 0) is 9.59 Å². The minimum atomic E-state index is -0.483. The molecule has 3 aromatic rings. The van der Waals surface area contributed by atoms with Gasteiger partial charge in [-0.3, -0.25) is 25.2 Å². The summed E-state index contributed by atoms with van der Waals surface area (Å²) in [4.78, 5) is 39.2. The SMILES string of the molecule is O=C(CN1CCCCCCC1=O)NNC(=O)c1cn(-c2ccccc2)nc1-c1ccccc1. The second kappa shape index (κ2) is 10.6. The number of carbonyl (C=O) groups is 3. The molecule has 3 amide bonds. The summed E-state index contributed by atoms with van der Waals surface area (Å²) < 4.78 is 1.64. The lowest BCUT2D eigenvalue weighted by atomic mass is 10.1. The molecule has 0 radical (unpaired) electrons. The molecule has 1 aliphatic heterocycles. The van der Waals surface area contributed by atoms with E-state index in [-0.39, 0.29) is 12.5 Å². The highest BCUT2D eigenvalue weighted by molar-refractivity contribution is 6.00. The molecule has 8 heteroatoms. The third-order valence-electron chi connectivity index (χ3n) is 5.60. The number of para-hydroxylation sites is 1. The highest BCUT2D eigenvalue weighted by atomic mass is 16.2. The van der Waals surface area contributed by atoms with E-state index < -0.39 is 11.8 Å². The lowest BCUT2D eigenvalue weighted by molar-refractivity contribution is -0.136. The predicted octanol–water partition coefficient (Wildman–Crippen LogP) is 3.09. The lowest BCUT2D eigenvalue weighted by Gasteiger charge is -2.24.